The molecule has 5 aliphatic rings. The van der Waals surface area contributed by atoms with Gasteiger partial charge in [0.1, 0.15) is 29.0 Å². The molecule has 2 aliphatic carbocycles. The predicted octanol–water partition coefficient (Wildman–Crippen LogP) is 3.07. The molecule has 13 nitrogen and oxygen atoms in total. The first-order valence-electron chi connectivity index (χ1n) is 15.9. The van der Waals surface area contributed by atoms with Crippen molar-refractivity contribution in [3.8, 4) is 17.2 Å². The van der Waals surface area contributed by atoms with E-state index in [1.165, 1.54) is 24.5 Å². The number of hydrogen-bond acceptors (Lipinski definition) is 14. The summed E-state index contributed by atoms with van der Waals surface area (Å²) in [7, 11) is 2.96. The van der Waals surface area contributed by atoms with Crippen molar-refractivity contribution in [3.05, 3.63) is 67.7 Å². The summed E-state index contributed by atoms with van der Waals surface area (Å²) in [5.41, 5.74) is -1.65. The van der Waals surface area contributed by atoms with Gasteiger partial charge in [0, 0.05) is 61.0 Å². The van der Waals surface area contributed by atoms with Gasteiger partial charge in [-0.25, -0.2) is 4.98 Å². The number of fused-ring (bicyclic) bond motifs is 6. The monoisotopic (exact) mass is 680 g/mol. The highest BCUT2D eigenvalue weighted by molar-refractivity contribution is 7.09. The van der Waals surface area contributed by atoms with Crippen LogP contribution in [0.2, 0.25) is 0 Å². The van der Waals surface area contributed by atoms with Crippen molar-refractivity contribution in [2.24, 2.45) is 0 Å². The highest BCUT2D eigenvalue weighted by Crippen LogP contribution is 2.54. The molecule has 0 amide bonds. The van der Waals surface area contributed by atoms with Crippen LogP contribution in [0.5, 0.6) is 17.2 Å². The first kappa shape index (κ1) is 31.8. The molecule has 0 saturated carbocycles. The third-order valence-electron chi connectivity index (χ3n) is 10.3. The van der Waals surface area contributed by atoms with E-state index in [0.717, 1.165) is 5.01 Å². The van der Waals surface area contributed by atoms with Gasteiger partial charge in [-0.15, -0.1) is 11.3 Å². The van der Waals surface area contributed by atoms with Crippen LogP contribution in [0.3, 0.4) is 0 Å². The number of methoxy groups -OCH3 is 2. The Morgan fingerprint density at radius 2 is 1.88 bits per heavy atom. The maximum Gasteiger partial charge on any atom is 0.202 e. The summed E-state index contributed by atoms with van der Waals surface area (Å²) in [5, 5.41) is 38.4. The lowest BCUT2D eigenvalue weighted by Gasteiger charge is -2.43. The molecular formula is C34H36N2O11S. The Labute approximate surface area is 279 Å². The summed E-state index contributed by atoms with van der Waals surface area (Å²) < 4.78 is 36.0. The van der Waals surface area contributed by atoms with E-state index < -0.39 is 59.7 Å². The van der Waals surface area contributed by atoms with Crippen molar-refractivity contribution < 1.29 is 53.3 Å². The van der Waals surface area contributed by atoms with Gasteiger partial charge in [0.15, 0.2) is 24.6 Å². The zero-order valence-electron chi connectivity index (χ0n) is 26.8. The number of phenolic OH excluding ortho intramolecular Hbond substituents is 2. The lowest BCUT2D eigenvalue weighted by molar-refractivity contribution is -0.256. The van der Waals surface area contributed by atoms with Crippen LogP contribution in [0.25, 0.3) is 0 Å². The number of aliphatic hydroxyl groups is 1. The fourth-order valence-electron chi connectivity index (χ4n) is 8.10. The minimum atomic E-state index is -1.64. The fraction of sp³-hybridized carbons (Fsp3) is 0.500. The van der Waals surface area contributed by atoms with Crippen LogP contribution in [0.1, 0.15) is 79.5 Å². The van der Waals surface area contributed by atoms with Crippen LogP contribution in [0, 0.1) is 6.92 Å². The number of ether oxygens (including phenoxy) is 6. The van der Waals surface area contributed by atoms with Gasteiger partial charge < -0.3 is 43.7 Å². The molecule has 0 unspecified atom stereocenters. The minimum absolute atomic E-state index is 0.000948. The van der Waals surface area contributed by atoms with Crippen molar-refractivity contribution in [1.29, 1.82) is 0 Å². The maximum atomic E-state index is 14.0. The summed E-state index contributed by atoms with van der Waals surface area (Å²) in [6, 6.07) is 4.52. The first-order valence-corrected chi connectivity index (χ1v) is 16.8. The number of aromatic nitrogens is 1. The molecule has 8 rings (SSSR count). The molecule has 2 aromatic carbocycles. The Hall–Kier alpha value is -3.47. The summed E-state index contributed by atoms with van der Waals surface area (Å²) in [6.07, 6.45) is -3.37. The van der Waals surface area contributed by atoms with Crippen LogP contribution in [0.15, 0.2) is 23.6 Å². The van der Waals surface area contributed by atoms with Gasteiger partial charge in [-0.1, -0.05) is 12.1 Å². The molecule has 14 heteroatoms. The van der Waals surface area contributed by atoms with Crippen molar-refractivity contribution in [2.45, 2.75) is 81.9 Å². The number of carbonyl (C=O) groups is 2. The minimum Gasteiger partial charge on any atom is -0.507 e. The van der Waals surface area contributed by atoms with Gasteiger partial charge in [0.05, 0.1) is 53.3 Å². The third kappa shape index (κ3) is 4.66. The Morgan fingerprint density at radius 3 is 2.60 bits per heavy atom. The molecule has 3 N–H and O–H groups in total. The number of aromatic hydroxyl groups is 2. The molecule has 4 heterocycles. The van der Waals surface area contributed by atoms with Gasteiger partial charge in [-0.3, -0.25) is 14.5 Å². The molecule has 8 atom stereocenters. The van der Waals surface area contributed by atoms with E-state index in [-0.39, 0.29) is 64.1 Å². The number of carbonyl (C=O) groups excluding carboxylic acids is 2. The van der Waals surface area contributed by atoms with Crippen LogP contribution in [-0.2, 0) is 35.7 Å². The number of rotatable bonds is 5. The number of thiazole rings is 1. The number of phenols is 2. The average Bonchev–Trinajstić information content (AvgIpc) is 3.69. The second-order valence-electron chi connectivity index (χ2n) is 12.9. The summed E-state index contributed by atoms with van der Waals surface area (Å²) in [4.78, 5) is 34.6. The molecule has 0 spiro atoms. The van der Waals surface area contributed by atoms with Gasteiger partial charge in [0.25, 0.3) is 0 Å². The second-order valence-corrected chi connectivity index (χ2v) is 14.0. The molecule has 254 valence electrons. The lowest BCUT2D eigenvalue weighted by atomic mass is 9.72. The normalized spacial score (nSPS) is 32.6. The van der Waals surface area contributed by atoms with Gasteiger partial charge in [-0.2, -0.15) is 0 Å². The van der Waals surface area contributed by atoms with E-state index in [9.17, 15) is 24.9 Å². The number of benzene rings is 2. The second kappa shape index (κ2) is 11.6. The number of nitrogens with zero attached hydrogens (tertiary/aromatic N) is 2. The first-order chi connectivity index (χ1) is 23.0. The molecule has 0 bridgehead atoms. The fourth-order valence-corrected chi connectivity index (χ4v) is 8.81. The molecule has 0 radical (unpaired) electrons. The van der Waals surface area contributed by atoms with E-state index in [2.05, 4.69) is 9.88 Å². The standard InChI is InChI=1S/C34H36N2O11S/c1-14-31-18(36-8-9-44-33(43-4)32(36)47-31)10-22(45-14)46-20-12-34(41,21-13-48-15(2)35-21)11-17-24(20)30(40)26-25(28(17)38)27(37)16-6-5-7-19(42-3)23(16)29(26)39/h5-7,13-14,18,20,22,31-33,38,40-41H,8-12H2,1-4H3/t14-,18-,20-,22-,31+,32+,33-,34-/m0/s1. The SMILES string of the molecule is COc1cccc2c1C(=O)c1c(O)c3c(c(O)c1C2=O)C[C@@](O)(c1csc(C)n1)C[C@@H]3O[C@H]1C[C@H]2[C@H](O[C@@H]3[C@@H](OC)OCCN32)[C@H](C)O1. The number of hydrogen-bond donors (Lipinski definition) is 3. The zero-order chi connectivity index (χ0) is 33.6. The molecule has 3 saturated heterocycles. The highest BCUT2D eigenvalue weighted by Gasteiger charge is 2.55. The average molecular weight is 681 g/mol. The molecule has 48 heavy (non-hydrogen) atoms. The lowest BCUT2D eigenvalue weighted by Crippen LogP contribution is -2.55. The Morgan fingerprint density at radius 1 is 1.08 bits per heavy atom. The van der Waals surface area contributed by atoms with E-state index in [1.54, 1.807) is 24.6 Å². The Bertz CT molecular complexity index is 1830. The quantitative estimate of drug-likeness (QED) is 0.264. The molecule has 3 fully saturated rings. The smallest absolute Gasteiger partial charge is 0.202 e. The zero-order valence-corrected chi connectivity index (χ0v) is 27.6. The van der Waals surface area contributed by atoms with E-state index in [1.807, 2.05) is 13.8 Å². The van der Waals surface area contributed by atoms with Crippen molar-refractivity contribution >= 4 is 22.9 Å². The largest absolute Gasteiger partial charge is 0.507 e. The molecule has 1 aromatic heterocycles. The number of ketones is 2. The van der Waals surface area contributed by atoms with Gasteiger partial charge >= 0.3 is 0 Å². The van der Waals surface area contributed by atoms with Gasteiger partial charge in [0.2, 0.25) is 5.78 Å². The molecule has 3 aliphatic heterocycles. The van der Waals surface area contributed by atoms with Crippen LogP contribution in [0.4, 0.5) is 0 Å². The molecule has 3 aromatic rings. The number of morpholine rings is 1. The Balaban J connectivity index is 1.22. The van der Waals surface area contributed by atoms with Crippen LogP contribution < -0.4 is 4.74 Å². The Kier molecular flexibility index (Phi) is 7.65. The third-order valence-corrected chi connectivity index (χ3v) is 11.0. The van der Waals surface area contributed by atoms with Crippen LogP contribution >= 0.6 is 11.3 Å². The van der Waals surface area contributed by atoms with Crippen molar-refractivity contribution in [2.75, 3.05) is 27.4 Å². The highest BCUT2D eigenvalue weighted by atomic mass is 32.1. The van der Waals surface area contributed by atoms with Crippen molar-refractivity contribution in [1.82, 2.24) is 9.88 Å². The molecular weight excluding hydrogens is 644 g/mol. The number of aryl methyl sites for hydroxylation is 1. The van der Waals surface area contributed by atoms with E-state index >= 15 is 0 Å². The van der Waals surface area contributed by atoms with Crippen LogP contribution in [-0.4, -0.2) is 101 Å². The topological polar surface area (TPSA) is 166 Å². The van der Waals surface area contributed by atoms with E-state index in [0.29, 0.717) is 25.3 Å². The maximum absolute atomic E-state index is 14.0. The van der Waals surface area contributed by atoms with Crippen molar-refractivity contribution in [3.63, 3.8) is 0 Å². The summed E-state index contributed by atoms with van der Waals surface area (Å²) in [5.74, 6) is -2.12. The van der Waals surface area contributed by atoms with E-state index in [4.69, 9.17) is 28.4 Å². The summed E-state index contributed by atoms with van der Waals surface area (Å²) in [6.45, 7) is 4.81. The predicted molar refractivity (Wildman–Crippen MR) is 167 cm³/mol. The van der Waals surface area contributed by atoms with Gasteiger partial charge in [-0.05, 0) is 19.9 Å². The summed E-state index contributed by atoms with van der Waals surface area (Å²) >= 11 is 1.37.